The van der Waals surface area contributed by atoms with E-state index >= 15 is 0 Å². The number of hydrogen-bond acceptors (Lipinski definition) is 3. The standard InChI is InChI=1S/C28H32N2O/c1-7-23-9-13-26(14-10-23)29-22(6)30(18-25-11-8-20(4)16-28(25)31)27-15-12-24(19(2)3)17-21(27)5/h8-17,29,31H,2,6-7,18H2,1,3-5H3. The largest absolute Gasteiger partial charge is 0.508 e. The minimum absolute atomic E-state index is 0.293. The molecule has 0 aliphatic heterocycles. The maximum atomic E-state index is 10.5. The molecule has 0 atom stereocenters. The third-order valence-electron chi connectivity index (χ3n) is 5.53. The van der Waals surface area contributed by atoms with Crippen molar-refractivity contribution in [2.24, 2.45) is 0 Å². The molecule has 0 saturated heterocycles. The van der Waals surface area contributed by atoms with Gasteiger partial charge in [0.2, 0.25) is 0 Å². The molecule has 0 radical (unpaired) electrons. The Morgan fingerprint density at radius 3 is 2.26 bits per heavy atom. The van der Waals surface area contributed by atoms with Crippen molar-refractivity contribution >= 4 is 16.9 Å². The van der Waals surface area contributed by atoms with Crippen LogP contribution >= 0.6 is 0 Å². The van der Waals surface area contributed by atoms with Gasteiger partial charge in [0.05, 0.1) is 6.54 Å². The summed E-state index contributed by atoms with van der Waals surface area (Å²) < 4.78 is 0. The number of phenols is 1. The van der Waals surface area contributed by atoms with Crippen LogP contribution in [0.25, 0.3) is 5.57 Å². The van der Waals surface area contributed by atoms with Crippen molar-refractivity contribution in [1.82, 2.24) is 0 Å². The summed E-state index contributed by atoms with van der Waals surface area (Å²) in [6.45, 7) is 17.1. The van der Waals surface area contributed by atoms with Crippen LogP contribution in [0.5, 0.6) is 5.75 Å². The average molecular weight is 413 g/mol. The molecule has 2 N–H and O–H groups in total. The molecule has 31 heavy (non-hydrogen) atoms. The topological polar surface area (TPSA) is 35.5 Å². The average Bonchev–Trinajstić information content (AvgIpc) is 2.74. The summed E-state index contributed by atoms with van der Waals surface area (Å²) >= 11 is 0. The first-order valence-electron chi connectivity index (χ1n) is 10.7. The Morgan fingerprint density at radius 1 is 0.968 bits per heavy atom. The minimum Gasteiger partial charge on any atom is -0.508 e. The van der Waals surface area contributed by atoms with E-state index < -0.39 is 0 Å². The van der Waals surface area contributed by atoms with Gasteiger partial charge in [-0.3, -0.25) is 0 Å². The molecule has 3 aromatic rings. The lowest BCUT2D eigenvalue weighted by Crippen LogP contribution is -2.26. The van der Waals surface area contributed by atoms with E-state index in [1.807, 2.05) is 26.0 Å². The maximum absolute atomic E-state index is 10.5. The summed E-state index contributed by atoms with van der Waals surface area (Å²) in [5.41, 5.74) is 8.46. The number of nitrogens with zero attached hydrogens (tertiary/aromatic N) is 1. The van der Waals surface area contributed by atoms with E-state index in [4.69, 9.17) is 0 Å². The van der Waals surface area contributed by atoms with Gasteiger partial charge < -0.3 is 15.3 Å². The predicted octanol–water partition coefficient (Wildman–Crippen LogP) is 7.19. The number of allylic oxidation sites excluding steroid dienone is 1. The van der Waals surface area contributed by atoms with E-state index in [1.54, 1.807) is 6.07 Å². The van der Waals surface area contributed by atoms with Gasteiger partial charge in [-0.2, -0.15) is 0 Å². The Morgan fingerprint density at radius 2 is 1.68 bits per heavy atom. The van der Waals surface area contributed by atoms with Crippen LogP contribution < -0.4 is 10.2 Å². The molecule has 160 valence electrons. The number of anilines is 2. The van der Waals surface area contributed by atoms with Crippen LogP contribution in [0.1, 0.15) is 41.7 Å². The van der Waals surface area contributed by atoms with Gasteiger partial charge >= 0.3 is 0 Å². The van der Waals surface area contributed by atoms with Crippen molar-refractivity contribution in [3.05, 3.63) is 107 Å². The van der Waals surface area contributed by atoms with E-state index in [1.165, 1.54) is 5.56 Å². The zero-order chi connectivity index (χ0) is 22.5. The first-order chi connectivity index (χ1) is 14.8. The van der Waals surface area contributed by atoms with E-state index in [9.17, 15) is 5.11 Å². The number of hydrogen-bond donors (Lipinski definition) is 2. The molecule has 0 aliphatic rings. The fourth-order valence-corrected chi connectivity index (χ4v) is 3.59. The maximum Gasteiger partial charge on any atom is 0.120 e. The molecule has 0 amide bonds. The number of phenolic OH excluding ortho intramolecular Hbond substituents is 1. The second kappa shape index (κ2) is 9.57. The fraction of sp³-hybridized carbons (Fsp3) is 0.214. The molecule has 3 aromatic carbocycles. The van der Waals surface area contributed by atoms with Crippen LogP contribution in [0.3, 0.4) is 0 Å². The van der Waals surface area contributed by atoms with Crippen LogP contribution in [0, 0.1) is 13.8 Å². The van der Waals surface area contributed by atoms with Gasteiger partial charge in [-0.15, -0.1) is 0 Å². The highest BCUT2D eigenvalue weighted by Gasteiger charge is 2.16. The number of aromatic hydroxyl groups is 1. The Labute approximate surface area is 186 Å². The lowest BCUT2D eigenvalue weighted by atomic mass is 10.0. The van der Waals surface area contributed by atoms with Crippen LogP contribution in [-0.4, -0.2) is 5.11 Å². The van der Waals surface area contributed by atoms with E-state index in [-0.39, 0.29) is 0 Å². The molecule has 3 heteroatoms. The van der Waals surface area contributed by atoms with E-state index in [0.717, 1.165) is 51.4 Å². The van der Waals surface area contributed by atoms with E-state index in [2.05, 4.69) is 79.7 Å². The first-order valence-corrected chi connectivity index (χ1v) is 10.7. The fourth-order valence-electron chi connectivity index (χ4n) is 3.59. The summed E-state index contributed by atoms with van der Waals surface area (Å²) in [6.07, 6.45) is 1.01. The van der Waals surface area contributed by atoms with Gasteiger partial charge in [0.25, 0.3) is 0 Å². The van der Waals surface area contributed by atoms with Crippen molar-refractivity contribution in [3.8, 4) is 5.75 Å². The zero-order valence-electron chi connectivity index (χ0n) is 19.0. The van der Waals surface area contributed by atoms with Crippen molar-refractivity contribution in [2.45, 2.75) is 40.7 Å². The molecule has 0 heterocycles. The summed E-state index contributed by atoms with van der Waals surface area (Å²) in [4.78, 5) is 2.11. The van der Waals surface area contributed by atoms with Gasteiger partial charge in [0.1, 0.15) is 11.6 Å². The zero-order valence-corrected chi connectivity index (χ0v) is 19.0. The normalized spacial score (nSPS) is 10.6. The third-order valence-corrected chi connectivity index (χ3v) is 5.53. The summed E-state index contributed by atoms with van der Waals surface area (Å²) in [7, 11) is 0. The highest BCUT2D eigenvalue weighted by molar-refractivity contribution is 5.69. The van der Waals surface area contributed by atoms with Crippen LogP contribution in [-0.2, 0) is 13.0 Å². The third kappa shape index (κ3) is 5.37. The number of benzene rings is 3. The molecular weight excluding hydrogens is 380 g/mol. The second-order valence-corrected chi connectivity index (χ2v) is 8.12. The predicted molar refractivity (Wildman–Crippen MR) is 133 cm³/mol. The minimum atomic E-state index is 0.293. The summed E-state index contributed by atoms with van der Waals surface area (Å²) in [5, 5.41) is 14.0. The molecule has 3 nitrogen and oxygen atoms in total. The van der Waals surface area contributed by atoms with Gasteiger partial charge in [-0.05, 0) is 79.8 Å². The molecular formula is C28H32N2O. The summed E-state index contributed by atoms with van der Waals surface area (Å²) in [6, 6.07) is 20.5. The molecule has 0 fully saturated rings. The molecule has 0 unspecified atom stereocenters. The van der Waals surface area contributed by atoms with Crippen molar-refractivity contribution in [3.63, 3.8) is 0 Å². The van der Waals surface area contributed by atoms with Gasteiger partial charge in [0, 0.05) is 16.9 Å². The lowest BCUT2D eigenvalue weighted by Gasteiger charge is -2.30. The Hall–Kier alpha value is -3.46. The van der Waals surface area contributed by atoms with Gasteiger partial charge in [-0.1, -0.05) is 56.0 Å². The molecule has 0 spiro atoms. The molecule has 0 bridgehead atoms. The Kier molecular flexibility index (Phi) is 6.86. The molecule has 0 aliphatic carbocycles. The van der Waals surface area contributed by atoms with Crippen LogP contribution in [0.15, 0.2) is 79.6 Å². The Bertz CT molecular complexity index is 1100. The molecule has 3 rings (SSSR count). The highest BCUT2D eigenvalue weighted by atomic mass is 16.3. The van der Waals surface area contributed by atoms with Crippen LogP contribution in [0.4, 0.5) is 11.4 Å². The van der Waals surface area contributed by atoms with E-state index in [0.29, 0.717) is 12.3 Å². The monoisotopic (exact) mass is 412 g/mol. The molecule has 0 saturated carbocycles. The van der Waals surface area contributed by atoms with Gasteiger partial charge in [0.15, 0.2) is 0 Å². The molecule has 0 aromatic heterocycles. The van der Waals surface area contributed by atoms with Crippen molar-refractivity contribution < 1.29 is 5.11 Å². The van der Waals surface area contributed by atoms with Gasteiger partial charge in [-0.25, -0.2) is 0 Å². The van der Waals surface area contributed by atoms with Crippen molar-refractivity contribution in [2.75, 3.05) is 10.2 Å². The van der Waals surface area contributed by atoms with Crippen LogP contribution in [0.2, 0.25) is 0 Å². The lowest BCUT2D eigenvalue weighted by molar-refractivity contribution is 0.467. The first kappa shape index (κ1) is 22.2. The Balaban J connectivity index is 1.96. The smallest absolute Gasteiger partial charge is 0.120 e. The quantitative estimate of drug-likeness (QED) is 0.411. The SMILES string of the molecule is C=C(C)c1ccc(N(Cc2ccc(C)cc2O)C(=C)Nc2ccc(CC)cc2)c(C)c1. The highest BCUT2D eigenvalue weighted by Crippen LogP contribution is 2.31. The number of nitrogens with one attached hydrogen (secondary N) is 1. The summed E-state index contributed by atoms with van der Waals surface area (Å²) in [5.74, 6) is 1.04. The van der Waals surface area contributed by atoms with Crippen molar-refractivity contribution in [1.29, 1.82) is 0 Å². The second-order valence-electron chi connectivity index (χ2n) is 8.12. The number of rotatable bonds is 8. The number of aryl methyl sites for hydroxylation is 3.